The van der Waals surface area contributed by atoms with E-state index in [1.54, 1.807) is 4.72 Å². The monoisotopic (exact) mass is 1480 g/mol. The number of benzene rings is 8. The zero-order valence-electron chi connectivity index (χ0n) is 48.3. The molecule has 12 rings (SSSR count). The van der Waals surface area contributed by atoms with Gasteiger partial charge in [0.05, 0.1) is 73.6 Å². The van der Waals surface area contributed by atoms with Gasteiger partial charge in [-0.05, 0) is 163 Å². The van der Waals surface area contributed by atoms with Crippen LogP contribution < -0.4 is 21.9 Å². The lowest BCUT2D eigenvalue weighted by molar-refractivity contribution is -0.153. The number of Topliss-reactive ketones (excluding diaryl/α,β-unsaturated/α-hetero) is 1. The van der Waals surface area contributed by atoms with Gasteiger partial charge in [0.1, 0.15) is 39.3 Å². The normalized spacial score (nSPS) is 13.4. The number of hydrogen-bond acceptors (Lipinski definition) is 12. The van der Waals surface area contributed by atoms with Gasteiger partial charge in [0.25, 0.3) is 14.8 Å². The summed E-state index contributed by atoms with van der Waals surface area (Å²) in [6.07, 6.45) is -7.74. The second kappa shape index (κ2) is 30.1. The Morgan fingerprint density at radius 2 is 0.885 bits per heavy atom. The van der Waals surface area contributed by atoms with E-state index in [4.69, 9.17) is 79.0 Å². The molecule has 1 aliphatic rings. The van der Waals surface area contributed by atoms with Crippen molar-refractivity contribution in [3.8, 4) is 17.1 Å². The second-order valence-corrected chi connectivity index (χ2v) is 26.2. The first-order chi connectivity index (χ1) is 44.9. The van der Waals surface area contributed by atoms with E-state index >= 15 is 0 Å². The number of hydrogen-bond donors (Lipinski definition) is 4. The predicted molar refractivity (Wildman–Crippen MR) is 340 cm³/mol. The fourth-order valence-corrected chi connectivity index (χ4v) is 13.4. The van der Waals surface area contributed by atoms with Gasteiger partial charge >= 0.3 is 18.5 Å². The Morgan fingerprint density at radius 3 is 1.24 bits per heavy atom. The fraction of sp³-hybridized carbons (Fsp3) is 0.148. The Morgan fingerprint density at radius 1 is 0.510 bits per heavy atom. The van der Waals surface area contributed by atoms with Crippen LogP contribution in [0.1, 0.15) is 46.4 Å². The summed E-state index contributed by atoms with van der Waals surface area (Å²) in [6, 6.07) is 28.0. The molecule has 96 heavy (non-hydrogen) atoms. The third-order valence-electron chi connectivity index (χ3n) is 13.5. The van der Waals surface area contributed by atoms with Gasteiger partial charge in [-0.3, -0.25) is 4.79 Å². The Balaban J connectivity index is 0.000000167. The molecule has 2 unspecified atom stereocenters. The Bertz CT molecular complexity index is 4800. The van der Waals surface area contributed by atoms with Crippen LogP contribution >= 0.6 is 57.1 Å². The minimum absolute atomic E-state index is 0.0254. The number of ketones is 1. The maximum Gasteiger partial charge on any atom is 0.454 e. The summed E-state index contributed by atoms with van der Waals surface area (Å²) >= 11 is 22.8. The molecule has 0 amide bonds. The number of rotatable bonds is 10. The first-order valence-electron chi connectivity index (χ1n) is 27.2. The van der Waals surface area contributed by atoms with E-state index < -0.39 is 88.3 Å². The molecule has 1 saturated heterocycles. The molecule has 11 aromatic rings. The molecule has 16 nitrogen and oxygen atoms in total. The Kier molecular flexibility index (Phi) is 23.1. The molecule has 0 radical (unpaired) electrons. The highest BCUT2D eigenvalue weighted by Gasteiger charge is 2.45. The maximum absolute atomic E-state index is 14.0. The number of nitrogens with two attached hydrogens (primary N) is 3. The zero-order valence-corrected chi connectivity index (χ0v) is 53.7. The molecule has 4 heterocycles. The summed E-state index contributed by atoms with van der Waals surface area (Å²) in [5, 5.41) is 13.3. The van der Waals surface area contributed by atoms with Crippen LogP contribution in [0.25, 0.3) is 49.8 Å². The number of nitrogens with zero attached hydrogens (tertiary/aromatic N) is 6. The van der Waals surface area contributed by atoms with Crippen LogP contribution in [0.3, 0.4) is 0 Å². The summed E-state index contributed by atoms with van der Waals surface area (Å²) in [6.45, 7) is 2.00. The molecule has 1 fully saturated rings. The van der Waals surface area contributed by atoms with Crippen LogP contribution in [0.5, 0.6) is 0 Å². The van der Waals surface area contributed by atoms with Gasteiger partial charge in [0.2, 0.25) is 10.0 Å². The van der Waals surface area contributed by atoms with E-state index in [0.717, 1.165) is 49.6 Å². The number of carbonyl (C=O) groups is 1. The molecule has 1 aliphatic heterocycles. The smallest absolute Gasteiger partial charge is 0.398 e. The van der Waals surface area contributed by atoms with Crippen molar-refractivity contribution in [3.63, 3.8) is 0 Å². The van der Waals surface area contributed by atoms with E-state index in [2.05, 4.69) is 15.3 Å². The number of halogens is 17. The van der Waals surface area contributed by atoms with Crippen molar-refractivity contribution < 1.29 is 79.1 Å². The molecule has 7 N–H and O–H groups in total. The van der Waals surface area contributed by atoms with Gasteiger partial charge in [-0.15, -0.1) is 0 Å². The lowest BCUT2D eigenvalue weighted by Crippen LogP contribution is -2.38. The minimum Gasteiger partial charge on any atom is -0.398 e. The molecule has 506 valence electrons. The van der Waals surface area contributed by atoms with Gasteiger partial charge in [-0.2, -0.15) is 59.5 Å². The van der Waals surface area contributed by atoms with Gasteiger partial charge in [-0.1, -0.05) is 58.5 Å². The highest BCUT2D eigenvalue weighted by Crippen LogP contribution is 2.39. The highest BCUT2D eigenvalue weighted by molar-refractivity contribution is 8.14. The quantitative estimate of drug-likeness (QED) is 0.0433. The molecule has 0 bridgehead atoms. The summed E-state index contributed by atoms with van der Waals surface area (Å²) in [5.41, 5.74) is 18.2. The van der Waals surface area contributed by atoms with Crippen LogP contribution in [-0.2, 0) is 23.8 Å². The van der Waals surface area contributed by atoms with Crippen LogP contribution in [0.2, 0.25) is 20.1 Å². The van der Waals surface area contributed by atoms with Crippen molar-refractivity contribution in [1.82, 2.24) is 34.1 Å². The fourth-order valence-electron chi connectivity index (χ4n) is 9.12. The second-order valence-electron chi connectivity index (χ2n) is 20.3. The number of nitrogens with one attached hydrogen (secondary N) is 1. The third-order valence-corrected chi connectivity index (χ3v) is 17.7. The number of alkyl halides is 9. The lowest BCUT2D eigenvalue weighted by Gasteiger charge is -2.23. The molecular weight excluding hydrogens is 1440 g/mol. The SMILES string of the molecule is C1CCOC1.NC(c1ccc2c(cnn2-c2ccc(F)cc2)c1)C(F)(F)F.Nc1cc(Cl)cc(Cl)c1S(=O)(=O)Cl.Nc1cc(Cl)cc(Cl)c1S(=O)(=O)NC(c1ccc2c(cnn2-c2ccc(F)cc2)c1)C(F)(F)F.O=C(c1ccc2c(cnn2-c2ccc(F)cc2)c1)C(F)(F)F. The first kappa shape index (κ1) is 73.6. The van der Waals surface area contributed by atoms with Gasteiger partial charge in [0.15, 0.2) is 0 Å². The van der Waals surface area contributed by atoms with E-state index in [1.807, 2.05) is 0 Å². The number of ether oxygens (including phenoxy) is 1. The molecule has 0 saturated carbocycles. The molecule has 35 heteroatoms. The standard InChI is InChI=1S/C21H14Cl2F4N4O2S.C15H11F4N3.C15H8F4N2O.C6H4Cl3NO2S.C4H8O/c22-13-8-16(23)19(17(28)9-13)34(32,33)30-20(21(25,26)27)11-1-6-18-12(7-11)10-29-31(18)15-4-2-14(24)3-5-15;16-11-2-4-12(5-3-11)22-13-6-1-9(7-10(13)8-21-22)14(20)15(17,18)19;16-11-2-4-12(5-3-11)21-13-6-1-9(7-10(13)8-20-21)14(22)15(17,18)19;7-3-1-4(8)6(5(10)2-3)13(9,11)12;1-2-4-5-3-1/h1-10,20,30H,28H2;1-8,14H,20H2;1-8H;1-2H,10H2;1-4H2. The van der Waals surface area contributed by atoms with E-state index in [-0.39, 0.29) is 42.6 Å². The largest absolute Gasteiger partial charge is 0.454 e. The molecular formula is C61H45Cl5F12N10O6S2. The Hall–Kier alpha value is -8.17. The minimum atomic E-state index is -5.00. The van der Waals surface area contributed by atoms with E-state index in [1.165, 1.54) is 161 Å². The number of nitrogen functional groups attached to an aromatic ring is 2. The van der Waals surface area contributed by atoms with Crippen molar-refractivity contribution in [2.24, 2.45) is 5.73 Å². The van der Waals surface area contributed by atoms with Crippen LogP contribution in [0.15, 0.2) is 180 Å². The maximum atomic E-state index is 14.0. The Labute approximate surface area is 561 Å². The number of carbonyl (C=O) groups excluding carboxylic acids is 1. The summed E-state index contributed by atoms with van der Waals surface area (Å²) < 4.78 is 215. The predicted octanol–water partition coefficient (Wildman–Crippen LogP) is 16.6. The topological polar surface area (TPSA) is 238 Å². The summed E-state index contributed by atoms with van der Waals surface area (Å²) in [4.78, 5) is 10.2. The van der Waals surface area contributed by atoms with E-state index in [0.29, 0.717) is 49.8 Å². The number of aromatic nitrogens is 6. The number of anilines is 2. The van der Waals surface area contributed by atoms with Crippen molar-refractivity contribution in [1.29, 1.82) is 0 Å². The summed E-state index contributed by atoms with van der Waals surface area (Å²) in [7, 11) is -3.64. The molecule has 8 aromatic carbocycles. The van der Waals surface area contributed by atoms with Gasteiger partial charge < -0.3 is 21.9 Å². The molecule has 2 atom stereocenters. The van der Waals surface area contributed by atoms with Gasteiger partial charge in [0, 0.05) is 55.7 Å². The van der Waals surface area contributed by atoms with E-state index in [9.17, 15) is 74.3 Å². The summed E-state index contributed by atoms with van der Waals surface area (Å²) in [5.74, 6) is -3.13. The highest BCUT2D eigenvalue weighted by atomic mass is 35.7. The average molecular weight is 1480 g/mol. The molecule has 0 spiro atoms. The zero-order chi connectivity index (χ0) is 70.4. The molecule has 0 aliphatic carbocycles. The average Bonchev–Trinajstić information content (AvgIpc) is 1.35. The molecule has 3 aromatic heterocycles. The van der Waals surface area contributed by atoms with Crippen molar-refractivity contribution in [3.05, 3.63) is 224 Å². The first-order valence-corrected chi connectivity index (χ1v) is 32.5. The van der Waals surface area contributed by atoms with Crippen molar-refractivity contribution >= 4 is 126 Å². The third kappa shape index (κ3) is 18.3. The van der Waals surface area contributed by atoms with Crippen molar-refractivity contribution in [2.45, 2.75) is 53.2 Å². The van der Waals surface area contributed by atoms with Crippen molar-refractivity contribution in [2.75, 3.05) is 24.7 Å². The van der Waals surface area contributed by atoms with Crippen LogP contribution in [-0.4, -0.2) is 83.7 Å². The van der Waals surface area contributed by atoms with Gasteiger partial charge in [-0.25, -0.2) is 44.1 Å². The lowest BCUT2D eigenvalue weighted by atomic mass is 10.1. The van der Waals surface area contributed by atoms with Crippen LogP contribution in [0, 0.1) is 17.5 Å². The number of sulfonamides is 1. The van der Waals surface area contributed by atoms with Crippen LogP contribution in [0.4, 0.5) is 64.1 Å². The number of fused-ring (bicyclic) bond motifs is 3.